The molecule has 0 amide bonds. The molecule has 1 N–H and O–H groups in total. The van der Waals surface area contributed by atoms with Gasteiger partial charge in [-0.2, -0.15) is 0 Å². The molecule has 4 heteroatoms. The van der Waals surface area contributed by atoms with Crippen LogP contribution >= 0.6 is 22.6 Å². The highest BCUT2D eigenvalue weighted by Gasteiger charge is 2.16. The monoisotopic (exact) mass is 383 g/mol. The molecule has 0 radical (unpaired) electrons. The van der Waals surface area contributed by atoms with Crippen molar-refractivity contribution in [3.8, 4) is 0 Å². The topological polar surface area (TPSA) is 29.9 Å². The molecule has 0 saturated heterocycles. The van der Waals surface area contributed by atoms with Crippen LogP contribution in [0, 0.1) is 3.57 Å². The zero-order valence-electron chi connectivity index (χ0n) is 12.1. The number of nitrogens with one attached hydrogen (secondary N) is 1. The summed E-state index contributed by atoms with van der Waals surface area (Å²) in [6.45, 7) is 6.36. The van der Waals surface area contributed by atoms with E-state index in [4.69, 9.17) is 0 Å². The first-order valence-corrected chi connectivity index (χ1v) is 8.32. The molecule has 108 valence electrons. The van der Waals surface area contributed by atoms with Gasteiger partial charge in [-0.05, 0) is 54.1 Å². The fourth-order valence-electron chi connectivity index (χ4n) is 2.37. The highest BCUT2D eigenvalue weighted by molar-refractivity contribution is 14.1. The lowest BCUT2D eigenvalue weighted by molar-refractivity contribution is 0.505. The third-order valence-corrected chi connectivity index (χ3v) is 4.43. The Bertz CT molecular complexity index is 536. The summed E-state index contributed by atoms with van der Waals surface area (Å²) in [6.07, 6.45) is 6.02. The molecule has 1 aromatic heterocycles. The van der Waals surface area contributed by atoms with Crippen LogP contribution in [0.25, 0.3) is 0 Å². The van der Waals surface area contributed by atoms with Crippen LogP contribution in [0.2, 0.25) is 0 Å². The number of aromatic nitrogens is 2. The smallest absolute Gasteiger partial charge is 0.110 e. The van der Waals surface area contributed by atoms with Gasteiger partial charge >= 0.3 is 0 Å². The lowest BCUT2D eigenvalue weighted by atomic mass is 10.0. The molecule has 2 aromatic rings. The van der Waals surface area contributed by atoms with Crippen LogP contribution in [-0.2, 0) is 13.0 Å². The minimum absolute atomic E-state index is 0.329. The van der Waals surface area contributed by atoms with Crippen LogP contribution < -0.4 is 5.32 Å². The molecular weight excluding hydrogens is 361 g/mol. The Hall–Kier alpha value is -0.880. The number of aryl methyl sites for hydroxylation is 1. The highest BCUT2D eigenvalue weighted by Crippen LogP contribution is 2.23. The Morgan fingerprint density at radius 3 is 2.80 bits per heavy atom. The molecule has 0 fully saturated rings. The maximum absolute atomic E-state index is 4.51. The van der Waals surface area contributed by atoms with Gasteiger partial charge in [-0.25, -0.2) is 4.98 Å². The zero-order chi connectivity index (χ0) is 14.4. The number of rotatable bonds is 7. The first-order chi connectivity index (χ1) is 9.76. The third-order valence-electron chi connectivity index (χ3n) is 3.45. The molecule has 1 unspecified atom stereocenters. The van der Waals surface area contributed by atoms with Crippen molar-refractivity contribution in [2.45, 2.75) is 39.3 Å². The molecule has 2 rings (SSSR count). The molecule has 3 nitrogen and oxygen atoms in total. The van der Waals surface area contributed by atoms with E-state index in [-0.39, 0.29) is 0 Å². The van der Waals surface area contributed by atoms with Gasteiger partial charge in [0.25, 0.3) is 0 Å². The van der Waals surface area contributed by atoms with Gasteiger partial charge < -0.3 is 9.88 Å². The number of hydrogen-bond donors (Lipinski definition) is 1. The summed E-state index contributed by atoms with van der Waals surface area (Å²) >= 11 is 2.42. The fourth-order valence-corrected chi connectivity index (χ4v) is 3.13. The molecule has 0 saturated carbocycles. The molecule has 0 aliphatic rings. The van der Waals surface area contributed by atoms with Crippen molar-refractivity contribution in [1.29, 1.82) is 0 Å². The second kappa shape index (κ2) is 7.78. The Labute approximate surface area is 134 Å². The van der Waals surface area contributed by atoms with E-state index in [0.29, 0.717) is 6.04 Å². The standard InChI is InChI=1S/C16H22IN3/c1-3-9-18-15(13-7-5-6-8-14(13)17)12-16-19-10-11-20(16)4-2/h5-8,10-11,15,18H,3-4,9,12H2,1-2H3. The van der Waals surface area contributed by atoms with Crippen LogP contribution in [0.1, 0.15) is 37.7 Å². The summed E-state index contributed by atoms with van der Waals surface area (Å²) in [5, 5.41) is 3.66. The van der Waals surface area contributed by atoms with Crippen molar-refractivity contribution in [2.75, 3.05) is 6.54 Å². The van der Waals surface area contributed by atoms with Crippen molar-refractivity contribution in [2.24, 2.45) is 0 Å². The fraction of sp³-hybridized carbons (Fsp3) is 0.438. The number of halogens is 1. The first-order valence-electron chi connectivity index (χ1n) is 7.24. The average Bonchev–Trinajstić information content (AvgIpc) is 2.91. The third kappa shape index (κ3) is 3.82. The summed E-state index contributed by atoms with van der Waals surface area (Å²) in [6, 6.07) is 8.92. The average molecular weight is 383 g/mol. The summed E-state index contributed by atoms with van der Waals surface area (Å²) in [5.41, 5.74) is 1.37. The minimum atomic E-state index is 0.329. The predicted molar refractivity (Wildman–Crippen MR) is 91.8 cm³/mol. The quantitative estimate of drug-likeness (QED) is 0.738. The van der Waals surface area contributed by atoms with Gasteiger partial charge in [0, 0.05) is 35.0 Å². The lowest BCUT2D eigenvalue weighted by Gasteiger charge is -2.20. The summed E-state index contributed by atoms with van der Waals surface area (Å²) in [5.74, 6) is 1.15. The van der Waals surface area contributed by atoms with Crippen molar-refractivity contribution >= 4 is 22.6 Å². The molecule has 1 atom stereocenters. The van der Waals surface area contributed by atoms with Crippen LogP contribution in [-0.4, -0.2) is 16.1 Å². The SMILES string of the molecule is CCCNC(Cc1nccn1CC)c1ccccc1I. The van der Waals surface area contributed by atoms with Crippen molar-refractivity contribution in [3.63, 3.8) is 0 Å². The lowest BCUT2D eigenvalue weighted by Crippen LogP contribution is -2.26. The number of imidazole rings is 1. The Kier molecular flexibility index (Phi) is 6.04. The number of benzene rings is 1. The van der Waals surface area contributed by atoms with E-state index in [0.717, 1.165) is 31.8 Å². The largest absolute Gasteiger partial charge is 0.335 e. The normalized spacial score (nSPS) is 12.6. The van der Waals surface area contributed by atoms with Crippen LogP contribution in [0.5, 0.6) is 0 Å². The Morgan fingerprint density at radius 2 is 2.10 bits per heavy atom. The molecule has 1 aromatic carbocycles. The van der Waals surface area contributed by atoms with Crippen LogP contribution in [0.4, 0.5) is 0 Å². The Balaban J connectivity index is 2.22. The van der Waals surface area contributed by atoms with Gasteiger partial charge in [-0.15, -0.1) is 0 Å². The van der Waals surface area contributed by atoms with Gasteiger partial charge in [0.2, 0.25) is 0 Å². The van der Waals surface area contributed by atoms with E-state index < -0.39 is 0 Å². The molecule has 0 aliphatic carbocycles. The minimum Gasteiger partial charge on any atom is -0.335 e. The second-order valence-electron chi connectivity index (χ2n) is 4.86. The van der Waals surface area contributed by atoms with E-state index in [2.05, 4.69) is 81.8 Å². The van der Waals surface area contributed by atoms with E-state index >= 15 is 0 Å². The summed E-state index contributed by atoms with van der Waals surface area (Å²) < 4.78 is 3.53. The van der Waals surface area contributed by atoms with Gasteiger partial charge in [0.1, 0.15) is 5.82 Å². The number of nitrogens with zero attached hydrogens (tertiary/aromatic N) is 2. The summed E-state index contributed by atoms with van der Waals surface area (Å²) in [7, 11) is 0. The second-order valence-corrected chi connectivity index (χ2v) is 6.02. The van der Waals surface area contributed by atoms with Crippen molar-refractivity contribution < 1.29 is 0 Å². The van der Waals surface area contributed by atoms with Gasteiger partial charge in [-0.3, -0.25) is 0 Å². The van der Waals surface area contributed by atoms with E-state index in [1.54, 1.807) is 0 Å². The van der Waals surface area contributed by atoms with Crippen LogP contribution in [0.15, 0.2) is 36.7 Å². The van der Waals surface area contributed by atoms with Crippen LogP contribution in [0.3, 0.4) is 0 Å². The van der Waals surface area contributed by atoms with Crippen molar-refractivity contribution in [1.82, 2.24) is 14.9 Å². The molecular formula is C16H22IN3. The van der Waals surface area contributed by atoms with Gasteiger partial charge in [-0.1, -0.05) is 25.1 Å². The molecule has 0 bridgehead atoms. The zero-order valence-corrected chi connectivity index (χ0v) is 14.3. The first kappa shape index (κ1) is 15.5. The van der Waals surface area contributed by atoms with Crippen molar-refractivity contribution in [3.05, 3.63) is 51.6 Å². The van der Waals surface area contributed by atoms with E-state index in [9.17, 15) is 0 Å². The molecule has 0 spiro atoms. The molecule has 0 aliphatic heterocycles. The maximum atomic E-state index is 4.51. The predicted octanol–water partition coefficient (Wildman–Crippen LogP) is 3.79. The molecule has 1 heterocycles. The number of hydrogen-bond acceptors (Lipinski definition) is 2. The van der Waals surface area contributed by atoms with E-state index in [1.165, 1.54) is 9.13 Å². The van der Waals surface area contributed by atoms with E-state index in [1.807, 2.05) is 6.20 Å². The molecule has 20 heavy (non-hydrogen) atoms. The van der Waals surface area contributed by atoms with Gasteiger partial charge in [0.15, 0.2) is 0 Å². The highest BCUT2D eigenvalue weighted by atomic mass is 127. The Morgan fingerprint density at radius 1 is 1.30 bits per heavy atom. The van der Waals surface area contributed by atoms with Gasteiger partial charge in [0.05, 0.1) is 0 Å². The maximum Gasteiger partial charge on any atom is 0.110 e. The summed E-state index contributed by atoms with van der Waals surface area (Å²) in [4.78, 5) is 4.51.